The molecule has 1 N–H and O–H groups in total. The van der Waals surface area contributed by atoms with Crippen molar-refractivity contribution >= 4 is 11.6 Å². The maximum Gasteiger partial charge on any atom is 0.233 e. The number of aliphatic hydroxyl groups is 1. The van der Waals surface area contributed by atoms with Crippen molar-refractivity contribution in [1.29, 1.82) is 0 Å². The van der Waals surface area contributed by atoms with Crippen molar-refractivity contribution in [2.24, 2.45) is 0 Å². The first-order chi connectivity index (χ1) is 7.91. The Hall–Kier alpha value is -1.13. The van der Waals surface area contributed by atoms with E-state index in [2.05, 4.69) is 0 Å². The molecule has 0 heterocycles. The van der Waals surface area contributed by atoms with Crippen LogP contribution in [0.15, 0.2) is 12.1 Å². The van der Waals surface area contributed by atoms with Crippen LogP contribution in [0.5, 0.6) is 0 Å². The summed E-state index contributed by atoms with van der Waals surface area (Å²) in [5.74, 6) is 0. The topological polar surface area (TPSA) is 63.4 Å². The maximum atomic E-state index is 10.3. The molecule has 0 bridgehead atoms. The first kappa shape index (κ1) is 15.9. The third-order valence-corrected chi connectivity index (χ3v) is 2.45. The van der Waals surface area contributed by atoms with Gasteiger partial charge in [0, 0.05) is 15.5 Å². The molecule has 0 amide bonds. The Balaban J connectivity index is 0.00000121. The highest BCUT2D eigenvalue weighted by Crippen LogP contribution is 2.27. The first-order valence-electron chi connectivity index (χ1n) is 5.48. The van der Waals surface area contributed by atoms with Gasteiger partial charge in [0.25, 0.3) is 0 Å². The van der Waals surface area contributed by atoms with Gasteiger partial charge in [-0.2, -0.15) is 0 Å². The smallest absolute Gasteiger partial charge is 0.233 e. The van der Waals surface area contributed by atoms with Gasteiger partial charge in [0.1, 0.15) is 6.10 Å². The summed E-state index contributed by atoms with van der Waals surface area (Å²) in [4.78, 5) is 9.72. The second kappa shape index (κ2) is 7.25. The number of rotatable bonds is 3. The average Bonchev–Trinajstić information content (AvgIpc) is 2.17. The summed E-state index contributed by atoms with van der Waals surface area (Å²) < 4.78 is 0. The molecule has 0 aromatic heterocycles. The lowest BCUT2D eigenvalue weighted by Crippen LogP contribution is -2.13. The summed E-state index contributed by atoms with van der Waals surface area (Å²) in [5, 5.41) is 20.3. The van der Waals surface area contributed by atoms with Crippen molar-refractivity contribution < 1.29 is 10.0 Å². The third kappa shape index (κ3) is 4.71. The Morgan fingerprint density at radius 1 is 1.41 bits per heavy atom. The van der Waals surface area contributed by atoms with Gasteiger partial charge in [0.15, 0.2) is 0 Å². The van der Waals surface area contributed by atoms with Crippen molar-refractivity contribution in [2.75, 3.05) is 6.54 Å². The number of nitrogens with zero attached hydrogens (tertiary/aromatic N) is 1. The van der Waals surface area contributed by atoms with Gasteiger partial charge in [0.05, 0.1) is 0 Å². The van der Waals surface area contributed by atoms with E-state index in [9.17, 15) is 15.2 Å². The Morgan fingerprint density at radius 3 is 2.35 bits per heavy atom. The van der Waals surface area contributed by atoms with E-state index in [1.54, 1.807) is 13.0 Å². The number of aliphatic hydroxyl groups excluding tert-OH is 1. The van der Waals surface area contributed by atoms with Gasteiger partial charge in [-0.1, -0.05) is 31.5 Å². The Bertz CT molecular complexity index is 370. The zero-order chi connectivity index (χ0) is 13.6. The van der Waals surface area contributed by atoms with E-state index in [0.29, 0.717) is 10.6 Å². The Kier molecular flexibility index (Phi) is 6.76. The molecule has 0 aliphatic heterocycles. The van der Waals surface area contributed by atoms with Crippen molar-refractivity contribution in [3.05, 3.63) is 44.0 Å². The van der Waals surface area contributed by atoms with Gasteiger partial charge < -0.3 is 5.11 Å². The van der Waals surface area contributed by atoms with E-state index < -0.39 is 17.6 Å². The molecule has 0 fully saturated rings. The molecule has 5 heteroatoms. The van der Waals surface area contributed by atoms with E-state index in [1.807, 2.05) is 26.8 Å². The third-order valence-electron chi connectivity index (χ3n) is 2.14. The van der Waals surface area contributed by atoms with Crippen LogP contribution in [0.25, 0.3) is 0 Å². The van der Waals surface area contributed by atoms with E-state index in [-0.39, 0.29) is 0 Å². The minimum atomic E-state index is -1.15. The normalized spacial score (nSPS) is 11.4. The molecular formula is C12H18ClNO3. The molecule has 0 aliphatic carbocycles. The van der Waals surface area contributed by atoms with Crippen LogP contribution in [-0.2, 0) is 0 Å². The van der Waals surface area contributed by atoms with Crippen molar-refractivity contribution in [1.82, 2.24) is 0 Å². The minimum absolute atomic E-state index is 0.377. The summed E-state index contributed by atoms with van der Waals surface area (Å²) in [6, 6.07) is 3.53. The van der Waals surface area contributed by atoms with E-state index in [0.717, 1.165) is 11.1 Å². The Morgan fingerprint density at radius 2 is 1.94 bits per heavy atom. The largest absolute Gasteiger partial charge is 0.381 e. The predicted octanol–water partition coefficient (Wildman–Crippen LogP) is 3.29. The molecule has 0 saturated heterocycles. The lowest BCUT2D eigenvalue weighted by atomic mass is 10.0. The number of nitro groups is 1. The van der Waals surface area contributed by atoms with Gasteiger partial charge in [-0.05, 0) is 31.0 Å². The van der Waals surface area contributed by atoms with Gasteiger partial charge in [-0.15, -0.1) is 0 Å². The van der Waals surface area contributed by atoms with Crippen LogP contribution >= 0.6 is 11.6 Å². The van der Waals surface area contributed by atoms with Gasteiger partial charge in [0.2, 0.25) is 6.54 Å². The molecule has 0 spiro atoms. The van der Waals surface area contributed by atoms with Crippen LogP contribution in [0.3, 0.4) is 0 Å². The molecule has 1 unspecified atom stereocenters. The van der Waals surface area contributed by atoms with E-state index >= 15 is 0 Å². The standard InChI is InChI=1S/C10H12ClNO3.C2H6/c1-6-3-7(2)10(8(11)4-6)9(13)5-12(14)15;1-2/h3-4,9,13H,5H2,1-2H3;1-2H3. The quantitative estimate of drug-likeness (QED) is 0.669. The average molecular weight is 260 g/mol. The van der Waals surface area contributed by atoms with Crippen LogP contribution in [0, 0.1) is 24.0 Å². The molecule has 0 saturated carbocycles. The van der Waals surface area contributed by atoms with Gasteiger partial charge in [-0.25, -0.2) is 0 Å². The maximum absolute atomic E-state index is 10.3. The number of hydrogen-bond acceptors (Lipinski definition) is 3. The van der Waals surface area contributed by atoms with Crippen molar-refractivity contribution in [3.8, 4) is 0 Å². The molecule has 0 radical (unpaired) electrons. The molecule has 96 valence electrons. The monoisotopic (exact) mass is 259 g/mol. The fourth-order valence-electron chi connectivity index (χ4n) is 1.58. The number of halogens is 1. The van der Waals surface area contributed by atoms with Crippen LogP contribution in [0.1, 0.15) is 36.6 Å². The minimum Gasteiger partial charge on any atom is -0.381 e. The highest BCUT2D eigenvalue weighted by molar-refractivity contribution is 6.31. The number of hydrogen-bond donors (Lipinski definition) is 1. The van der Waals surface area contributed by atoms with Crippen LogP contribution in [0.2, 0.25) is 5.02 Å². The fraction of sp³-hybridized carbons (Fsp3) is 0.500. The second-order valence-electron chi connectivity index (χ2n) is 3.51. The molecule has 1 aromatic rings. The first-order valence-corrected chi connectivity index (χ1v) is 5.86. The van der Waals surface area contributed by atoms with Crippen LogP contribution in [-0.4, -0.2) is 16.6 Å². The van der Waals surface area contributed by atoms with Crippen molar-refractivity contribution in [2.45, 2.75) is 33.8 Å². The highest BCUT2D eigenvalue weighted by Gasteiger charge is 2.19. The van der Waals surface area contributed by atoms with Crippen LogP contribution in [0.4, 0.5) is 0 Å². The fourth-order valence-corrected chi connectivity index (χ4v) is 2.03. The van der Waals surface area contributed by atoms with E-state index in [1.165, 1.54) is 0 Å². The summed E-state index contributed by atoms with van der Waals surface area (Å²) in [6.45, 7) is 7.13. The van der Waals surface area contributed by atoms with Gasteiger partial charge >= 0.3 is 0 Å². The molecule has 1 rings (SSSR count). The SMILES string of the molecule is CC.Cc1cc(C)c(C(O)C[N+](=O)[O-])c(Cl)c1. The zero-order valence-electron chi connectivity index (χ0n) is 10.5. The second-order valence-corrected chi connectivity index (χ2v) is 3.92. The summed E-state index contributed by atoms with van der Waals surface area (Å²) in [5.41, 5.74) is 2.18. The molecule has 17 heavy (non-hydrogen) atoms. The Labute approximate surface area is 106 Å². The molecule has 1 atom stereocenters. The summed E-state index contributed by atoms with van der Waals surface area (Å²) >= 11 is 5.93. The van der Waals surface area contributed by atoms with E-state index in [4.69, 9.17) is 11.6 Å². The zero-order valence-corrected chi connectivity index (χ0v) is 11.3. The summed E-state index contributed by atoms with van der Waals surface area (Å²) in [7, 11) is 0. The molecule has 0 aliphatic rings. The lowest BCUT2D eigenvalue weighted by molar-refractivity contribution is -0.491. The van der Waals surface area contributed by atoms with Crippen molar-refractivity contribution in [3.63, 3.8) is 0 Å². The van der Waals surface area contributed by atoms with Gasteiger partial charge in [-0.3, -0.25) is 10.1 Å². The summed E-state index contributed by atoms with van der Waals surface area (Å²) in [6.07, 6.45) is -1.15. The number of benzene rings is 1. The molecule has 1 aromatic carbocycles. The number of aryl methyl sites for hydroxylation is 2. The molecule has 4 nitrogen and oxygen atoms in total. The lowest BCUT2D eigenvalue weighted by Gasteiger charge is -2.12. The van der Waals surface area contributed by atoms with Crippen LogP contribution < -0.4 is 0 Å². The molecular weight excluding hydrogens is 242 g/mol. The highest BCUT2D eigenvalue weighted by atomic mass is 35.5. The predicted molar refractivity (Wildman–Crippen MR) is 69.1 cm³/mol.